The molecular weight excluding hydrogens is 276 g/mol. The van der Waals surface area contributed by atoms with Gasteiger partial charge in [0.2, 0.25) is 0 Å². The molecule has 114 valence electrons. The van der Waals surface area contributed by atoms with Crippen molar-refractivity contribution in [2.45, 2.75) is 12.3 Å². The quantitative estimate of drug-likeness (QED) is 0.842. The first-order valence-electron chi connectivity index (χ1n) is 7.44. The van der Waals surface area contributed by atoms with Crippen LogP contribution < -0.4 is 14.2 Å². The van der Waals surface area contributed by atoms with Gasteiger partial charge in [0.15, 0.2) is 0 Å². The van der Waals surface area contributed by atoms with Crippen molar-refractivity contribution in [2.75, 3.05) is 20.8 Å². The van der Waals surface area contributed by atoms with Gasteiger partial charge in [-0.15, -0.1) is 0 Å². The van der Waals surface area contributed by atoms with Crippen LogP contribution in [0.1, 0.15) is 23.5 Å². The molecule has 1 heterocycles. The Kier molecular flexibility index (Phi) is 4.33. The minimum atomic E-state index is 0.282. The average Bonchev–Trinajstić information content (AvgIpc) is 2.59. The maximum absolute atomic E-state index is 5.80. The minimum absolute atomic E-state index is 0.282. The van der Waals surface area contributed by atoms with Crippen LogP contribution in [0.2, 0.25) is 0 Å². The molecule has 1 aliphatic rings. The Morgan fingerprint density at radius 3 is 2.64 bits per heavy atom. The van der Waals surface area contributed by atoms with Gasteiger partial charge in [-0.05, 0) is 12.0 Å². The number of hydrogen-bond donors (Lipinski definition) is 0. The van der Waals surface area contributed by atoms with Crippen molar-refractivity contribution in [3.63, 3.8) is 0 Å². The lowest BCUT2D eigenvalue weighted by Gasteiger charge is -2.26. The highest BCUT2D eigenvalue weighted by Gasteiger charge is 2.24. The fourth-order valence-corrected chi connectivity index (χ4v) is 2.77. The standard InChI is InChI=1S/C19H20O3/c1-20-16-12-17(21-2)19-15(10-11-22-18(19)13-16)9-8-14-6-4-3-5-7-14/h3-9,12-13,15H,10-11H2,1-2H3/b9-8+. The Morgan fingerprint density at radius 1 is 1.09 bits per heavy atom. The molecule has 0 N–H and O–H groups in total. The zero-order chi connectivity index (χ0) is 15.4. The molecule has 0 saturated heterocycles. The molecular formula is C19H20O3. The van der Waals surface area contributed by atoms with Crippen LogP contribution in [0.15, 0.2) is 48.5 Å². The lowest BCUT2D eigenvalue weighted by molar-refractivity contribution is 0.270. The Bertz CT molecular complexity index is 645. The summed E-state index contributed by atoms with van der Waals surface area (Å²) in [6.45, 7) is 0.702. The third-order valence-electron chi connectivity index (χ3n) is 3.91. The fraction of sp³-hybridized carbons (Fsp3) is 0.263. The molecule has 1 aliphatic heterocycles. The summed E-state index contributed by atoms with van der Waals surface area (Å²) < 4.78 is 16.6. The zero-order valence-electron chi connectivity index (χ0n) is 12.9. The number of benzene rings is 2. The molecule has 3 rings (SSSR count). The van der Waals surface area contributed by atoms with E-state index in [0.29, 0.717) is 6.61 Å². The zero-order valence-corrected chi connectivity index (χ0v) is 12.9. The Balaban J connectivity index is 1.95. The molecule has 22 heavy (non-hydrogen) atoms. The van der Waals surface area contributed by atoms with Crippen LogP contribution >= 0.6 is 0 Å². The van der Waals surface area contributed by atoms with Crippen molar-refractivity contribution in [2.24, 2.45) is 0 Å². The van der Waals surface area contributed by atoms with Gasteiger partial charge >= 0.3 is 0 Å². The van der Waals surface area contributed by atoms with Crippen LogP contribution in [-0.2, 0) is 0 Å². The molecule has 3 heteroatoms. The Hall–Kier alpha value is -2.42. The maximum atomic E-state index is 5.80. The van der Waals surface area contributed by atoms with Gasteiger partial charge in [-0.25, -0.2) is 0 Å². The van der Waals surface area contributed by atoms with E-state index in [1.807, 2.05) is 30.3 Å². The van der Waals surface area contributed by atoms with Crippen LogP contribution in [0.3, 0.4) is 0 Å². The highest BCUT2D eigenvalue weighted by molar-refractivity contribution is 5.57. The molecule has 1 unspecified atom stereocenters. The van der Waals surface area contributed by atoms with Crippen LogP contribution in [0.25, 0.3) is 6.08 Å². The molecule has 2 aromatic carbocycles. The highest BCUT2D eigenvalue weighted by atomic mass is 16.5. The Morgan fingerprint density at radius 2 is 1.91 bits per heavy atom. The van der Waals surface area contributed by atoms with Crippen molar-refractivity contribution in [3.8, 4) is 17.2 Å². The van der Waals surface area contributed by atoms with Crippen LogP contribution in [0.5, 0.6) is 17.2 Å². The summed E-state index contributed by atoms with van der Waals surface area (Å²) in [4.78, 5) is 0. The first kappa shape index (κ1) is 14.5. The second kappa shape index (κ2) is 6.56. The van der Waals surface area contributed by atoms with Crippen molar-refractivity contribution in [1.29, 1.82) is 0 Å². The smallest absolute Gasteiger partial charge is 0.130 e. The third-order valence-corrected chi connectivity index (χ3v) is 3.91. The third kappa shape index (κ3) is 2.93. The average molecular weight is 296 g/mol. The molecule has 1 atom stereocenters. The second-order valence-corrected chi connectivity index (χ2v) is 5.25. The van der Waals surface area contributed by atoms with Crippen molar-refractivity contribution in [3.05, 3.63) is 59.7 Å². The van der Waals surface area contributed by atoms with Crippen LogP contribution in [0, 0.1) is 0 Å². The molecule has 0 saturated carbocycles. The normalized spacial score (nSPS) is 16.9. The van der Waals surface area contributed by atoms with Gasteiger partial charge in [-0.3, -0.25) is 0 Å². The second-order valence-electron chi connectivity index (χ2n) is 5.25. The molecule has 0 aliphatic carbocycles. The summed E-state index contributed by atoms with van der Waals surface area (Å²) >= 11 is 0. The van der Waals surface area contributed by atoms with Crippen LogP contribution in [0.4, 0.5) is 0 Å². The monoisotopic (exact) mass is 296 g/mol. The summed E-state index contributed by atoms with van der Waals surface area (Å²) in [5.41, 5.74) is 2.30. The predicted molar refractivity (Wildman–Crippen MR) is 87.9 cm³/mol. The molecule has 0 amide bonds. The van der Waals surface area contributed by atoms with Crippen molar-refractivity contribution >= 4 is 6.08 Å². The first-order chi connectivity index (χ1) is 10.8. The largest absolute Gasteiger partial charge is 0.496 e. The van der Waals surface area contributed by atoms with Gasteiger partial charge in [-0.1, -0.05) is 42.5 Å². The van der Waals surface area contributed by atoms with Crippen molar-refractivity contribution < 1.29 is 14.2 Å². The number of allylic oxidation sites excluding steroid dienone is 1. The Labute approximate surface area is 131 Å². The summed E-state index contributed by atoms with van der Waals surface area (Å²) in [6.07, 6.45) is 5.33. The van der Waals surface area contributed by atoms with E-state index in [9.17, 15) is 0 Å². The summed E-state index contributed by atoms with van der Waals surface area (Å²) in [5, 5.41) is 0. The highest BCUT2D eigenvalue weighted by Crippen LogP contribution is 2.43. The fourth-order valence-electron chi connectivity index (χ4n) is 2.77. The molecule has 0 aromatic heterocycles. The molecule has 0 spiro atoms. The van der Waals surface area contributed by atoms with Crippen LogP contribution in [-0.4, -0.2) is 20.8 Å². The van der Waals surface area contributed by atoms with E-state index in [0.717, 1.165) is 29.2 Å². The van der Waals surface area contributed by atoms with Gasteiger partial charge in [-0.2, -0.15) is 0 Å². The summed E-state index contributed by atoms with van der Waals surface area (Å²) in [7, 11) is 3.33. The van der Waals surface area contributed by atoms with E-state index in [1.54, 1.807) is 14.2 Å². The van der Waals surface area contributed by atoms with Gasteiger partial charge < -0.3 is 14.2 Å². The molecule has 0 bridgehead atoms. The molecule has 0 radical (unpaired) electrons. The lowest BCUT2D eigenvalue weighted by Crippen LogP contribution is -2.14. The lowest BCUT2D eigenvalue weighted by atomic mass is 9.91. The SMILES string of the molecule is COc1cc(OC)c2c(c1)OCCC2/C=C/c1ccccc1. The number of ether oxygens (including phenoxy) is 3. The summed E-state index contributed by atoms with van der Waals surface area (Å²) in [6, 6.07) is 14.2. The van der Waals surface area contributed by atoms with E-state index in [1.165, 1.54) is 5.56 Å². The van der Waals surface area contributed by atoms with E-state index in [2.05, 4.69) is 24.3 Å². The maximum Gasteiger partial charge on any atom is 0.130 e. The number of fused-ring (bicyclic) bond motifs is 1. The molecule has 0 fully saturated rings. The van der Waals surface area contributed by atoms with Gasteiger partial charge in [0, 0.05) is 23.6 Å². The van der Waals surface area contributed by atoms with E-state index in [4.69, 9.17) is 14.2 Å². The van der Waals surface area contributed by atoms with E-state index >= 15 is 0 Å². The van der Waals surface area contributed by atoms with E-state index < -0.39 is 0 Å². The van der Waals surface area contributed by atoms with Crippen molar-refractivity contribution in [1.82, 2.24) is 0 Å². The number of hydrogen-bond acceptors (Lipinski definition) is 3. The predicted octanol–water partition coefficient (Wildman–Crippen LogP) is 4.28. The first-order valence-corrected chi connectivity index (χ1v) is 7.44. The van der Waals surface area contributed by atoms with E-state index in [-0.39, 0.29) is 5.92 Å². The van der Waals surface area contributed by atoms with Gasteiger partial charge in [0.25, 0.3) is 0 Å². The summed E-state index contributed by atoms with van der Waals surface area (Å²) in [5.74, 6) is 2.70. The minimum Gasteiger partial charge on any atom is -0.496 e. The number of rotatable bonds is 4. The molecule has 3 nitrogen and oxygen atoms in total. The van der Waals surface area contributed by atoms with Gasteiger partial charge in [0.05, 0.1) is 20.8 Å². The topological polar surface area (TPSA) is 27.7 Å². The molecule has 2 aromatic rings. The van der Waals surface area contributed by atoms with Gasteiger partial charge in [0.1, 0.15) is 17.2 Å². The number of methoxy groups -OCH3 is 2.